The smallest absolute Gasteiger partial charge is 0.227 e. The third-order valence-electron chi connectivity index (χ3n) is 2.81. The van der Waals surface area contributed by atoms with Crippen molar-refractivity contribution >= 4 is 17.3 Å². The summed E-state index contributed by atoms with van der Waals surface area (Å²) in [5.74, 6) is -0.412. The minimum absolute atomic E-state index is 0.0283. The predicted molar refractivity (Wildman–Crippen MR) is 61.5 cm³/mol. The first-order chi connectivity index (χ1) is 7.63. The van der Waals surface area contributed by atoms with Gasteiger partial charge in [-0.25, -0.2) is 4.39 Å². The van der Waals surface area contributed by atoms with Crippen molar-refractivity contribution in [2.45, 2.75) is 6.42 Å². The number of amides is 1. The van der Waals surface area contributed by atoms with Crippen molar-refractivity contribution in [2.24, 2.45) is 5.92 Å². The zero-order valence-electron chi connectivity index (χ0n) is 8.82. The van der Waals surface area contributed by atoms with Crippen LogP contribution in [0.25, 0.3) is 0 Å². The normalized spacial score (nSPS) is 20.2. The SMILES string of the molecule is C=CC1CC(=O)N(c2cccc(F)c2N)C1. The second kappa shape index (κ2) is 3.96. The molecule has 1 heterocycles. The van der Waals surface area contributed by atoms with E-state index in [0.717, 1.165) is 0 Å². The van der Waals surface area contributed by atoms with Gasteiger partial charge in [-0.3, -0.25) is 4.79 Å². The van der Waals surface area contributed by atoms with Gasteiger partial charge in [0.05, 0.1) is 11.4 Å². The average molecular weight is 220 g/mol. The molecule has 3 nitrogen and oxygen atoms in total. The van der Waals surface area contributed by atoms with Gasteiger partial charge in [0, 0.05) is 18.9 Å². The fraction of sp³-hybridized carbons (Fsp3) is 0.250. The molecule has 1 atom stereocenters. The van der Waals surface area contributed by atoms with Crippen LogP contribution < -0.4 is 10.6 Å². The molecule has 0 saturated carbocycles. The Morgan fingerprint density at radius 2 is 2.31 bits per heavy atom. The number of hydrogen-bond donors (Lipinski definition) is 1. The van der Waals surface area contributed by atoms with Gasteiger partial charge in [-0.1, -0.05) is 12.1 Å². The summed E-state index contributed by atoms with van der Waals surface area (Å²) in [6.45, 7) is 4.18. The van der Waals surface area contributed by atoms with Crippen LogP contribution in [0.15, 0.2) is 30.9 Å². The van der Waals surface area contributed by atoms with E-state index in [-0.39, 0.29) is 17.5 Å². The van der Waals surface area contributed by atoms with Crippen LogP contribution in [-0.2, 0) is 4.79 Å². The number of benzene rings is 1. The van der Waals surface area contributed by atoms with Gasteiger partial charge in [-0.15, -0.1) is 6.58 Å². The summed E-state index contributed by atoms with van der Waals surface area (Å²) in [5.41, 5.74) is 6.10. The maximum Gasteiger partial charge on any atom is 0.227 e. The van der Waals surface area contributed by atoms with Crippen molar-refractivity contribution in [3.05, 3.63) is 36.7 Å². The van der Waals surface area contributed by atoms with E-state index in [1.807, 2.05) is 0 Å². The first-order valence-electron chi connectivity index (χ1n) is 5.10. The van der Waals surface area contributed by atoms with Crippen LogP contribution >= 0.6 is 0 Å². The van der Waals surface area contributed by atoms with Crippen LogP contribution in [0.4, 0.5) is 15.8 Å². The molecule has 2 rings (SSSR count). The summed E-state index contributed by atoms with van der Waals surface area (Å²) < 4.78 is 13.3. The van der Waals surface area contributed by atoms with Crippen LogP contribution in [0.3, 0.4) is 0 Å². The Hall–Kier alpha value is -1.84. The molecule has 16 heavy (non-hydrogen) atoms. The quantitative estimate of drug-likeness (QED) is 0.611. The van der Waals surface area contributed by atoms with E-state index in [0.29, 0.717) is 18.7 Å². The zero-order valence-corrected chi connectivity index (χ0v) is 8.82. The molecule has 0 aromatic heterocycles. The first-order valence-corrected chi connectivity index (χ1v) is 5.10. The van der Waals surface area contributed by atoms with Crippen molar-refractivity contribution < 1.29 is 9.18 Å². The van der Waals surface area contributed by atoms with Gasteiger partial charge < -0.3 is 10.6 Å². The lowest BCUT2D eigenvalue weighted by Gasteiger charge is -2.18. The Morgan fingerprint density at radius 3 is 2.94 bits per heavy atom. The molecule has 1 fully saturated rings. The molecule has 1 aliphatic rings. The van der Waals surface area contributed by atoms with E-state index in [1.54, 1.807) is 18.2 Å². The molecule has 0 radical (unpaired) electrons. The lowest BCUT2D eigenvalue weighted by Crippen LogP contribution is -2.25. The summed E-state index contributed by atoms with van der Waals surface area (Å²) in [6.07, 6.45) is 2.16. The van der Waals surface area contributed by atoms with E-state index in [2.05, 4.69) is 6.58 Å². The Bertz CT molecular complexity index is 445. The average Bonchev–Trinajstić information content (AvgIpc) is 2.64. The van der Waals surface area contributed by atoms with E-state index in [1.165, 1.54) is 11.0 Å². The van der Waals surface area contributed by atoms with Gasteiger partial charge in [0.1, 0.15) is 5.82 Å². The van der Waals surface area contributed by atoms with Crippen LogP contribution in [0.1, 0.15) is 6.42 Å². The third kappa shape index (κ3) is 1.66. The van der Waals surface area contributed by atoms with Gasteiger partial charge in [0.25, 0.3) is 0 Å². The highest BCUT2D eigenvalue weighted by atomic mass is 19.1. The van der Waals surface area contributed by atoms with Crippen LogP contribution in [0.5, 0.6) is 0 Å². The van der Waals surface area contributed by atoms with Crippen LogP contribution in [-0.4, -0.2) is 12.5 Å². The van der Waals surface area contributed by atoms with Crippen molar-refractivity contribution in [1.82, 2.24) is 0 Å². The summed E-state index contributed by atoms with van der Waals surface area (Å²) in [7, 11) is 0. The Balaban J connectivity index is 2.35. The third-order valence-corrected chi connectivity index (χ3v) is 2.81. The fourth-order valence-electron chi connectivity index (χ4n) is 1.89. The number of rotatable bonds is 2. The number of nitrogen functional groups attached to an aromatic ring is 1. The minimum Gasteiger partial charge on any atom is -0.395 e. The number of hydrogen-bond acceptors (Lipinski definition) is 2. The van der Waals surface area contributed by atoms with Gasteiger partial charge in [0.15, 0.2) is 0 Å². The maximum atomic E-state index is 13.3. The Labute approximate surface area is 93.4 Å². The van der Waals surface area contributed by atoms with Crippen LogP contribution in [0, 0.1) is 11.7 Å². The number of carbonyl (C=O) groups excluding carboxylic acids is 1. The van der Waals surface area contributed by atoms with Crippen molar-refractivity contribution in [1.29, 1.82) is 0 Å². The first kappa shape index (κ1) is 10.7. The van der Waals surface area contributed by atoms with Crippen molar-refractivity contribution in [3.63, 3.8) is 0 Å². The molecular formula is C12H13FN2O. The van der Waals surface area contributed by atoms with Crippen molar-refractivity contribution in [2.75, 3.05) is 17.2 Å². The van der Waals surface area contributed by atoms with E-state index >= 15 is 0 Å². The van der Waals surface area contributed by atoms with Crippen LogP contribution in [0.2, 0.25) is 0 Å². The number of anilines is 2. The van der Waals surface area contributed by atoms with Gasteiger partial charge in [-0.05, 0) is 12.1 Å². The predicted octanol–water partition coefficient (Wildman–Crippen LogP) is 1.95. The molecule has 0 spiro atoms. The number of carbonyl (C=O) groups is 1. The fourth-order valence-corrected chi connectivity index (χ4v) is 1.89. The largest absolute Gasteiger partial charge is 0.395 e. The lowest BCUT2D eigenvalue weighted by atomic mass is 10.1. The van der Waals surface area contributed by atoms with Crippen molar-refractivity contribution in [3.8, 4) is 0 Å². The standard InChI is InChI=1S/C12H13FN2O/c1-2-8-6-11(16)15(7-8)10-5-3-4-9(13)12(10)14/h2-5,8H,1,6-7,14H2. The molecule has 1 aromatic carbocycles. The topological polar surface area (TPSA) is 46.3 Å². The maximum absolute atomic E-state index is 13.3. The van der Waals surface area contributed by atoms with Gasteiger partial charge >= 0.3 is 0 Å². The summed E-state index contributed by atoms with van der Waals surface area (Å²) in [5, 5.41) is 0. The van der Waals surface area contributed by atoms with E-state index in [9.17, 15) is 9.18 Å². The van der Waals surface area contributed by atoms with E-state index in [4.69, 9.17) is 5.73 Å². The molecule has 0 aliphatic carbocycles. The summed E-state index contributed by atoms with van der Waals surface area (Å²) in [6, 6.07) is 4.49. The number of halogens is 1. The highest BCUT2D eigenvalue weighted by molar-refractivity contribution is 5.98. The molecule has 1 aromatic rings. The molecule has 1 aliphatic heterocycles. The molecule has 84 valence electrons. The molecule has 4 heteroatoms. The highest BCUT2D eigenvalue weighted by Crippen LogP contribution is 2.31. The molecule has 2 N–H and O–H groups in total. The number of nitrogens with zero attached hydrogens (tertiary/aromatic N) is 1. The summed E-state index contributed by atoms with van der Waals surface area (Å²) in [4.78, 5) is 13.2. The number of nitrogens with two attached hydrogens (primary N) is 1. The molecule has 1 unspecified atom stereocenters. The second-order valence-corrected chi connectivity index (χ2v) is 3.88. The summed E-state index contributed by atoms with van der Waals surface area (Å²) >= 11 is 0. The lowest BCUT2D eigenvalue weighted by molar-refractivity contribution is -0.117. The second-order valence-electron chi connectivity index (χ2n) is 3.88. The monoisotopic (exact) mass is 220 g/mol. The number of para-hydroxylation sites is 1. The van der Waals surface area contributed by atoms with E-state index < -0.39 is 5.82 Å². The molecule has 1 amide bonds. The van der Waals surface area contributed by atoms with Gasteiger partial charge in [0.2, 0.25) is 5.91 Å². The molecular weight excluding hydrogens is 207 g/mol. The van der Waals surface area contributed by atoms with Gasteiger partial charge in [-0.2, -0.15) is 0 Å². The molecule has 0 bridgehead atoms. The highest BCUT2D eigenvalue weighted by Gasteiger charge is 2.30. The Kier molecular flexibility index (Phi) is 2.64. The Morgan fingerprint density at radius 1 is 1.56 bits per heavy atom. The minimum atomic E-state index is -0.493. The molecule has 1 saturated heterocycles. The zero-order chi connectivity index (χ0) is 11.7.